The Morgan fingerprint density at radius 3 is 0.409 bits per heavy atom. The van der Waals surface area contributed by atoms with Crippen molar-refractivity contribution in [3.63, 3.8) is 0 Å². The average Bonchev–Trinajstić information content (AvgIpc) is 0.912. The van der Waals surface area contributed by atoms with Gasteiger partial charge in [-0.15, -0.1) is 63.1 Å². The third-order valence-corrected chi connectivity index (χ3v) is 20.7. The Bertz CT molecular complexity index is 3280. The van der Waals surface area contributed by atoms with Crippen molar-refractivity contribution in [2.24, 2.45) is 0 Å². The first-order valence-corrected chi connectivity index (χ1v) is 43.6. The zero-order chi connectivity index (χ0) is 78.1. The molecule has 0 N–H and O–H groups in total. The maximum absolute atomic E-state index is 5.78. The number of hydrogen-bond acceptors (Lipinski definition) is 10. The molecule has 0 unspecified atom stereocenters. The first kappa shape index (κ1) is 106. The zero-order valence-corrected chi connectivity index (χ0v) is 73.6. The minimum atomic E-state index is 0. The van der Waals surface area contributed by atoms with Crippen LogP contribution in [0.2, 0.25) is 0 Å². The molecule has 0 spiro atoms. The normalized spacial score (nSPS) is 10.2. The molecule has 0 aliphatic heterocycles. The van der Waals surface area contributed by atoms with Gasteiger partial charge in [0.2, 0.25) is 0 Å². The number of rotatable bonds is 45. The van der Waals surface area contributed by atoms with Gasteiger partial charge in [0.25, 0.3) is 0 Å². The molecule has 630 valence electrons. The molecule has 10 aromatic rings. The quantitative estimate of drug-likeness (QED) is 0.0150. The summed E-state index contributed by atoms with van der Waals surface area (Å²) in [6, 6.07) is 83.0. The smallest absolute Gasteiger partial charge is 0.119 e. The predicted octanol–water partition coefficient (Wildman–Crippen LogP) is 31.1. The summed E-state index contributed by atoms with van der Waals surface area (Å²) in [6.07, 6.45) is 39.4. The van der Waals surface area contributed by atoms with Crippen LogP contribution in [-0.2, 0) is 65.1 Å². The Hall–Kier alpha value is -7.40. The lowest BCUT2D eigenvalue weighted by atomic mass is 10.0. The van der Waals surface area contributed by atoms with Crippen molar-refractivity contribution in [2.75, 3.05) is 0 Å². The van der Waals surface area contributed by atoms with Crippen LogP contribution in [-0.4, -0.2) is 0 Å². The van der Waals surface area contributed by atoms with Gasteiger partial charge in [-0.2, -0.15) is 0 Å². The van der Waals surface area contributed by atoms with Gasteiger partial charge in [0.1, 0.15) is 61.8 Å². The molecule has 115 heavy (non-hydrogen) atoms. The lowest BCUT2D eigenvalue weighted by Crippen LogP contribution is -1.95. The molecule has 0 aromatic heterocycles. The van der Waals surface area contributed by atoms with Crippen molar-refractivity contribution in [3.8, 4) is 28.7 Å². The van der Waals surface area contributed by atoms with Gasteiger partial charge in [-0.1, -0.05) is 284 Å². The predicted molar refractivity (Wildman–Crippen MR) is 497 cm³/mol. The van der Waals surface area contributed by atoms with Gasteiger partial charge in [-0.05, 0) is 241 Å². The number of benzene rings is 10. The highest BCUT2D eigenvalue weighted by atomic mass is 32.1. The Morgan fingerprint density at radius 2 is 0.278 bits per heavy atom. The van der Waals surface area contributed by atoms with E-state index in [4.69, 9.17) is 23.7 Å². The third-order valence-electron chi connectivity index (χ3n) is 19.2. The van der Waals surface area contributed by atoms with Gasteiger partial charge in [-0.25, -0.2) is 0 Å². The van der Waals surface area contributed by atoms with Crippen LogP contribution in [0.25, 0.3) is 0 Å². The van der Waals surface area contributed by atoms with Gasteiger partial charge >= 0.3 is 0 Å². The maximum atomic E-state index is 5.78. The van der Waals surface area contributed by atoms with Crippen LogP contribution >= 0.6 is 63.1 Å². The number of hydrogen-bond donors (Lipinski definition) is 5. The summed E-state index contributed by atoms with van der Waals surface area (Å²) in [5.74, 6) is 4.43. The fourth-order valence-corrected chi connectivity index (χ4v) is 13.0. The molecule has 0 heterocycles. The standard InChI is InChI=1S/5C20H26OS.5FH/c5*1-2-3-4-5-6-7-17-8-10-18(11-9-17)16-21-19-12-14-20(22)15-13-19;;;;;/h5*8-15,22H,2-7,16H2,1H3;5*1H. The first-order chi connectivity index (χ1) is 53.9. The summed E-state index contributed by atoms with van der Waals surface area (Å²) in [5, 5.41) is 0. The second-order valence-electron chi connectivity index (χ2n) is 28.8. The fourth-order valence-electron chi connectivity index (χ4n) is 12.2. The highest BCUT2D eigenvalue weighted by molar-refractivity contribution is 7.81. The van der Waals surface area contributed by atoms with E-state index in [0.717, 1.165) is 53.2 Å². The van der Waals surface area contributed by atoms with Crippen LogP contribution in [0.1, 0.15) is 251 Å². The van der Waals surface area contributed by atoms with Crippen molar-refractivity contribution in [3.05, 3.63) is 298 Å². The molecule has 10 aromatic carbocycles. The molecule has 0 atom stereocenters. The van der Waals surface area contributed by atoms with Crippen LogP contribution in [0.5, 0.6) is 28.7 Å². The van der Waals surface area contributed by atoms with Gasteiger partial charge in [0, 0.05) is 24.5 Å². The second kappa shape index (κ2) is 67.6. The Balaban J connectivity index is 0.000000711. The number of halogens is 5. The summed E-state index contributed by atoms with van der Waals surface area (Å²) in [7, 11) is 0. The largest absolute Gasteiger partial charge is 0.489 e. The SMILES string of the molecule is CCCCCCCc1ccc(COc2ccc(S)cc2)cc1.CCCCCCCc1ccc(COc2ccc(S)cc2)cc1.CCCCCCCc1ccc(COc2ccc(S)cc2)cc1.CCCCCCCc1ccc(COc2ccc(S)cc2)cc1.CCCCCCCc1ccc(COc2ccc(S)cc2)cc1.F.F.F.F.F. The van der Waals surface area contributed by atoms with E-state index in [1.54, 1.807) is 0 Å². The monoisotopic (exact) mass is 1670 g/mol. The van der Waals surface area contributed by atoms with Crippen LogP contribution in [0.15, 0.2) is 267 Å². The van der Waals surface area contributed by atoms with Gasteiger partial charge < -0.3 is 23.7 Å². The molecule has 0 saturated carbocycles. The molecule has 0 amide bonds. The van der Waals surface area contributed by atoms with Crippen molar-refractivity contribution in [1.29, 1.82) is 0 Å². The van der Waals surface area contributed by atoms with Crippen molar-refractivity contribution >= 4 is 63.1 Å². The Labute approximate surface area is 717 Å². The highest BCUT2D eigenvalue weighted by Gasteiger charge is 2.06. The molecule has 0 saturated heterocycles. The van der Waals surface area contributed by atoms with Gasteiger partial charge in [0.05, 0.1) is 0 Å². The summed E-state index contributed by atoms with van der Waals surface area (Å²) >= 11 is 21.4. The molecule has 0 aliphatic rings. The maximum Gasteiger partial charge on any atom is 0.119 e. The summed E-state index contributed by atoms with van der Waals surface area (Å²) in [4.78, 5) is 4.77. The van der Waals surface area contributed by atoms with E-state index < -0.39 is 0 Å². The lowest BCUT2D eigenvalue weighted by Gasteiger charge is -2.07. The molecule has 0 radical (unpaired) electrons. The van der Waals surface area contributed by atoms with E-state index in [-0.39, 0.29) is 23.5 Å². The fraction of sp³-hybridized carbons (Fsp3) is 0.400. The van der Waals surface area contributed by atoms with Crippen LogP contribution in [0.3, 0.4) is 0 Å². The molecule has 10 rings (SSSR count). The van der Waals surface area contributed by atoms with E-state index in [2.05, 4.69) is 219 Å². The zero-order valence-electron chi connectivity index (χ0n) is 69.2. The van der Waals surface area contributed by atoms with Crippen molar-refractivity contribution in [1.82, 2.24) is 0 Å². The summed E-state index contributed by atoms with van der Waals surface area (Å²) < 4.78 is 28.9. The summed E-state index contributed by atoms with van der Waals surface area (Å²) in [6.45, 7) is 14.4. The number of aryl methyl sites for hydroxylation is 5. The van der Waals surface area contributed by atoms with Crippen molar-refractivity contribution in [2.45, 2.75) is 285 Å². The highest BCUT2D eigenvalue weighted by Crippen LogP contribution is 2.24. The first-order valence-electron chi connectivity index (χ1n) is 41.4. The topological polar surface area (TPSA) is 46.2 Å². The third kappa shape index (κ3) is 50.1. The van der Waals surface area contributed by atoms with E-state index >= 15 is 0 Å². The number of ether oxygens (including phenoxy) is 5. The van der Waals surface area contributed by atoms with Crippen molar-refractivity contribution < 1.29 is 47.2 Å². The molecule has 5 nitrogen and oxygen atoms in total. The van der Waals surface area contributed by atoms with E-state index in [1.807, 2.05) is 121 Å². The van der Waals surface area contributed by atoms with Crippen LogP contribution in [0.4, 0.5) is 23.5 Å². The lowest BCUT2D eigenvalue weighted by molar-refractivity contribution is 0.306. The molecule has 0 bridgehead atoms. The minimum absolute atomic E-state index is 0. The van der Waals surface area contributed by atoms with Gasteiger partial charge in [0.15, 0.2) is 0 Å². The molecular formula is C100H135F5O5S5. The van der Waals surface area contributed by atoms with Crippen LogP contribution in [0, 0.1) is 0 Å². The number of unbranched alkanes of at least 4 members (excludes halogenated alkanes) is 20. The second-order valence-corrected chi connectivity index (χ2v) is 31.4. The van der Waals surface area contributed by atoms with E-state index in [1.165, 1.54) is 248 Å². The average molecular weight is 1670 g/mol. The van der Waals surface area contributed by atoms with E-state index in [0.29, 0.717) is 33.0 Å². The molecular weight excluding hydrogens is 1540 g/mol. The number of thiol groups is 5. The van der Waals surface area contributed by atoms with Gasteiger partial charge in [-0.3, -0.25) is 23.5 Å². The minimum Gasteiger partial charge on any atom is -0.489 e. The Morgan fingerprint density at radius 1 is 0.157 bits per heavy atom. The molecule has 0 fully saturated rings. The van der Waals surface area contributed by atoms with E-state index in [9.17, 15) is 0 Å². The molecule has 15 heteroatoms. The molecule has 0 aliphatic carbocycles. The van der Waals surface area contributed by atoms with Crippen LogP contribution < -0.4 is 23.7 Å². The summed E-state index contributed by atoms with van der Waals surface area (Å²) in [5.41, 5.74) is 13.2. The Kier molecular flexibility index (Phi) is 62.1.